The molecule has 1 aromatic rings. The van der Waals surface area contributed by atoms with Gasteiger partial charge in [-0.3, -0.25) is 19.7 Å². The van der Waals surface area contributed by atoms with Gasteiger partial charge >= 0.3 is 0 Å². The molecule has 0 N–H and O–H groups in total. The average Bonchev–Trinajstić information content (AvgIpc) is 2.46. The van der Waals surface area contributed by atoms with Crippen molar-refractivity contribution in [3.05, 3.63) is 38.9 Å². The highest BCUT2D eigenvalue weighted by Gasteiger charge is 2.23. The first kappa shape index (κ1) is 14.3. The van der Waals surface area contributed by atoms with E-state index in [1.54, 1.807) is 9.80 Å². The number of nitro benzene ring substituents is 1. The molecule has 1 fully saturated rings. The summed E-state index contributed by atoms with van der Waals surface area (Å²) in [5.74, 6) is -0.282. The molecule has 0 spiro atoms. The van der Waals surface area contributed by atoms with E-state index in [2.05, 4.69) is 0 Å². The van der Waals surface area contributed by atoms with Crippen molar-refractivity contribution in [2.24, 2.45) is 0 Å². The van der Waals surface area contributed by atoms with Crippen LogP contribution in [0.4, 0.5) is 5.69 Å². The van der Waals surface area contributed by atoms with Crippen molar-refractivity contribution in [3.63, 3.8) is 0 Å². The fraction of sp³-hybridized carbons (Fsp3) is 0.333. The van der Waals surface area contributed by atoms with Gasteiger partial charge in [0.1, 0.15) is 0 Å². The lowest BCUT2D eigenvalue weighted by Crippen LogP contribution is -2.48. The van der Waals surface area contributed by atoms with Gasteiger partial charge in [0.15, 0.2) is 0 Å². The molecule has 1 saturated heterocycles. The molecule has 1 heterocycles. The van der Waals surface area contributed by atoms with Crippen LogP contribution in [0.5, 0.6) is 0 Å². The molecule has 0 unspecified atom stereocenters. The van der Waals surface area contributed by atoms with Crippen LogP contribution in [0.1, 0.15) is 10.4 Å². The number of benzene rings is 1. The Kier molecular flexibility index (Phi) is 4.19. The van der Waals surface area contributed by atoms with Crippen molar-refractivity contribution < 1.29 is 14.5 Å². The van der Waals surface area contributed by atoms with E-state index in [4.69, 9.17) is 11.6 Å². The molecule has 0 atom stereocenters. The van der Waals surface area contributed by atoms with E-state index in [0.29, 0.717) is 26.2 Å². The van der Waals surface area contributed by atoms with E-state index in [-0.39, 0.29) is 22.2 Å². The van der Waals surface area contributed by atoms with Crippen LogP contribution < -0.4 is 0 Å². The van der Waals surface area contributed by atoms with E-state index in [0.717, 1.165) is 12.5 Å². The molecule has 0 aromatic heterocycles. The van der Waals surface area contributed by atoms with E-state index in [9.17, 15) is 19.7 Å². The van der Waals surface area contributed by atoms with Gasteiger partial charge in [0, 0.05) is 38.3 Å². The number of rotatable bonds is 3. The SMILES string of the molecule is O=CN1CCN(C(=O)c2ccc([N+](=O)[O-])cc2Cl)CC1. The number of hydrogen-bond acceptors (Lipinski definition) is 4. The second-order valence-electron chi connectivity index (χ2n) is 4.35. The van der Waals surface area contributed by atoms with Crippen molar-refractivity contribution in [2.45, 2.75) is 0 Å². The van der Waals surface area contributed by atoms with E-state index < -0.39 is 4.92 Å². The maximum atomic E-state index is 12.3. The summed E-state index contributed by atoms with van der Waals surface area (Å²) in [4.78, 5) is 36.1. The maximum Gasteiger partial charge on any atom is 0.270 e. The van der Waals surface area contributed by atoms with E-state index >= 15 is 0 Å². The second-order valence-corrected chi connectivity index (χ2v) is 4.76. The Labute approximate surface area is 119 Å². The first-order valence-corrected chi connectivity index (χ1v) is 6.33. The lowest BCUT2D eigenvalue weighted by molar-refractivity contribution is -0.384. The van der Waals surface area contributed by atoms with Crippen molar-refractivity contribution >= 4 is 29.6 Å². The molecular formula is C12H12ClN3O4. The predicted octanol–water partition coefficient (Wildman–Crippen LogP) is 1.16. The highest BCUT2D eigenvalue weighted by atomic mass is 35.5. The summed E-state index contributed by atoms with van der Waals surface area (Å²) in [5, 5.41) is 10.7. The molecular weight excluding hydrogens is 286 g/mol. The molecule has 20 heavy (non-hydrogen) atoms. The number of carbonyl (C=O) groups is 2. The number of non-ortho nitro benzene ring substituents is 1. The highest BCUT2D eigenvalue weighted by Crippen LogP contribution is 2.24. The predicted molar refractivity (Wildman–Crippen MR) is 71.6 cm³/mol. The molecule has 8 heteroatoms. The highest BCUT2D eigenvalue weighted by molar-refractivity contribution is 6.34. The van der Waals surface area contributed by atoms with Crippen LogP contribution in [-0.4, -0.2) is 53.2 Å². The Balaban J connectivity index is 2.14. The van der Waals surface area contributed by atoms with Gasteiger partial charge in [-0.15, -0.1) is 0 Å². The number of piperazine rings is 1. The van der Waals surface area contributed by atoms with Gasteiger partial charge in [-0.05, 0) is 6.07 Å². The fourth-order valence-corrected chi connectivity index (χ4v) is 2.25. The third-order valence-corrected chi connectivity index (χ3v) is 3.46. The summed E-state index contributed by atoms with van der Waals surface area (Å²) in [6.07, 6.45) is 0.751. The monoisotopic (exact) mass is 297 g/mol. The Bertz CT molecular complexity index is 556. The first-order chi connectivity index (χ1) is 9.52. The van der Waals surface area contributed by atoms with Crippen LogP contribution in [0.15, 0.2) is 18.2 Å². The molecule has 0 radical (unpaired) electrons. The molecule has 1 aliphatic rings. The fourth-order valence-electron chi connectivity index (χ4n) is 1.99. The summed E-state index contributed by atoms with van der Waals surface area (Å²) >= 11 is 5.92. The molecule has 0 saturated carbocycles. The van der Waals surface area contributed by atoms with Gasteiger partial charge in [0.25, 0.3) is 11.6 Å². The molecule has 0 bridgehead atoms. The summed E-state index contributed by atoms with van der Waals surface area (Å²) in [6.45, 7) is 1.79. The quantitative estimate of drug-likeness (QED) is 0.476. The summed E-state index contributed by atoms with van der Waals surface area (Å²) < 4.78 is 0. The zero-order chi connectivity index (χ0) is 14.7. The minimum atomic E-state index is -0.566. The zero-order valence-corrected chi connectivity index (χ0v) is 11.2. The Hall–Kier alpha value is -2.15. The number of carbonyl (C=O) groups excluding carboxylic acids is 2. The van der Waals surface area contributed by atoms with Gasteiger partial charge in [0.05, 0.1) is 15.5 Å². The van der Waals surface area contributed by atoms with Crippen molar-refractivity contribution in [2.75, 3.05) is 26.2 Å². The number of amides is 2. The molecule has 0 aliphatic carbocycles. The summed E-state index contributed by atoms with van der Waals surface area (Å²) in [6, 6.07) is 3.77. The van der Waals surface area contributed by atoms with Crippen LogP contribution in [0, 0.1) is 10.1 Å². The van der Waals surface area contributed by atoms with Gasteiger partial charge < -0.3 is 9.80 Å². The van der Waals surface area contributed by atoms with Gasteiger partial charge in [0.2, 0.25) is 6.41 Å². The normalized spacial score (nSPS) is 15.1. The molecule has 7 nitrogen and oxygen atoms in total. The molecule has 1 aromatic carbocycles. The Morgan fingerprint density at radius 3 is 2.45 bits per heavy atom. The average molecular weight is 298 g/mol. The Morgan fingerprint density at radius 1 is 1.30 bits per heavy atom. The first-order valence-electron chi connectivity index (χ1n) is 5.95. The number of hydrogen-bond donors (Lipinski definition) is 0. The van der Waals surface area contributed by atoms with Crippen molar-refractivity contribution in [1.82, 2.24) is 9.80 Å². The third-order valence-electron chi connectivity index (χ3n) is 3.14. The smallest absolute Gasteiger partial charge is 0.270 e. The number of nitrogens with zero attached hydrogens (tertiary/aromatic N) is 3. The second kappa shape index (κ2) is 5.87. The number of halogens is 1. The molecule has 2 rings (SSSR count). The van der Waals surface area contributed by atoms with Crippen LogP contribution >= 0.6 is 11.6 Å². The van der Waals surface area contributed by atoms with E-state index in [1.807, 2.05) is 0 Å². The standard InChI is InChI=1S/C12H12ClN3O4/c13-11-7-9(16(19)20)1-2-10(11)12(18)15-5-3-14(8-17)4-6-15/h1-2,7-8H,3-6H2. The van der Waals surface area contributed by atoms with Gasteiger partial charge in [-0.2, -0.15) is 0 Å². The van der Waals surface area contributed by atoms with Crippen LogP contribution in [-0.2, 0) is 4.79 Å². The van der Waals surface area contributed by atoms with Crippen molar-refractivity contribution in [3.8, 4) is 0 Å². The third kappa shape index (κ3) is 2.88. The maximum absolute atomic E-state index is 12.3. The van der Waals surface area contributed by atoms with Crippen LogP contribution in [0.2, 0.25) is 5.02 Å². The minimum Gasteiger partial charge on any atom is -0.342 e. The topological polar surface area (TPSA) is 83.8 Å². The molecule has 2 amide bonds. The van der Waals surface area contributed by atoms with Crippen LogP contribution in [0.3, 0.4) is 0 Å². The van der Waals surface area contributed by atoms with Gasteiger partial charge in [-0.1, -0.05) is 11.6 Å². The lowest BCUT2D eigenvalue weighted by Gasteiger charge is -2.32. The zero-order valence-electron chi connectivity index (χ0n) is 10.5. The lowest BCUT2D eigenvalue weighted by atomic mass is 10.1. The summed E-state index contributed by atoms with van der Waals surface area (Å²) in [7, 11) is 0. The van der Waals surface area contributed by atoms with Crippen molar-refractivity contribution in [1.29, 1.82) is 0 Å². The molecule has 1 aliphatic heterocycles. The largest absolute Gasteiger partial charge is 0.342 e. The Morgan fingerprint density at radius 2 is 1.95 bits per heavy atom. The van der Waals surface area contributed by atoms with Gasteiger partial charge in [-0.25, -0.2) is 0 Å². The summed E-state index contributed by atoms with van der Waals surface area (Å²) in [5.41, 5.74) is 0.0779. The van der Waals surface area contributed by atoms with Crippen LogP contribution in [0.25, 0.3) is 0 Å². The number of nitro groups is 1. The minimum absolute atomic E-state index is 0.0574. The molecule has 106 valence electrons. The van der Waals surface area contributed by atoms with E-state index in [1.165, 1.54) is 12.1 Å².